The SMILES string of the molecule is CNC(Cc1c[nH]cn1)C(=O)N(C(=O)C(C)N)C(CCCCN)C(=O)O. The summed E-state index contributed by atoms with van der Waals surface area (Å²) in [6.07, 6.45) is 4.51. The van der Waals surface area contributed by atoms with E-state index < -0.39 is 35.9 Å². The van der Waals surface area contributed by atoms with Gasteiger partial charge in [-0.25, -0.2) is 9.78 Å². The number of carbonyl (C=O) groups excluding carboxylic acids is 2. The minimum Gasteiger partial charge on any atom is -0.480 e. The summed E-state index contributed by atoms with van der Waals surface area (Å²) in [6.45, 7) is 1.82. The fourth-order valence-corrected chi connectivity index (χ4v) is 2.57. The summed E-state index contributed by atoms with van der Waals surface area (Å²) in [5, 5.41) is 12.4. The predicted molar refractivity (Wildman–Crippen MR) is 95.0 cm³/mol. The van der Waals surface area contributed by atoms with E-state index in [1.54, 1.807) is 13.2 Å². The fraction of sp³-hybridized carbons (Fsp3) is 0.625. The first-order valence-electron chi connectivity index (χ1n) is 8.53. The van der Waals surface area contributed by atoms with Gasteiger partial charge in [-0.1, -0.05) is 0 Å². The van der Waals surface area contributed by atoms with Gasteiger partial charge in [-0.2, -0.15) is 0 Å². The number of unbranched alkanes of at least 4 members (excludes halogenated alkanes) is 1. The van der Waals surface area contributed by atoms with Crippen LogP contribution < -0.4 is 16.8 Å². The molecule has 0 saturated carbocycles. The Hall–Kier alpha value is -2.30. The van der Waals surface area contributed by atoms with Crippen molar-refractivity contribution in [3.8, 4) is 0 Å². The second-order valence-electron chi connectivity index (χ2n) is 6.08. The van der Waals surface area contributed by atoms with Crippen LogP contribution in [0.3, 0.4) is 0 Å². The molecule has 1 heterocycles. The molecule has 0 spiro atoms. The number of imidazole rings is 1. The van der Waals surface area contributed by atoms with Crippen molar-refractivity contribution in [1.29, 1.82) is 0 Å². The highest BCUT2D eigenvalue weighted by Gasteiger charge is 2.38. The zero-order valence-corrected chi connectivity index (χ0v) is 15.1. The van der Waals surface area contributed by atoms with Crippen molar-refractivity contribution in [3.63, 3.8) is 0 Å². The van der Waals surface area contributed by atoms with Crippen LogP contribution in [0.5, 0.6) is 0 Å². The lowest BCUT2D eigenvalue weighted by molar-refractivity contribution is -0.159. The lowest BCUT2D eigenvalue weighted by atomic mass is 10.0. The molecule has 1 rings (SSSR count). The molecular weight excluding hydrogens is 340 g/mol. The molecule has 1 aromatic rings. The predicted octanol–water partition coefficient (Wildman–Crippen LogP) is -1.18. The van der Waals surface area contributed by atoms with Crippen molar-refractivity contribution in [2.45, 2.75) is 50.7 Å². The van der Waals surface area contributed by atoms with Gasteiger partial charge in [0.05, 0.1) is 24.1 Å². The summed E-state index contributed by atoms with van der Waals surface area (Å²) in [5.74, 6) is -2.62. The molecule has 0 aromatic carbocycles. The van der Waals surface area contributed by atoms with Crippen LogP contribution in [0.1, 0.15) is 31.9 Å². The van der Waals surface area contributed by atoms with E-state index in [4.69, 9.17) is 11.5 Å². The summed E-state index contributed by atoms with van der Waals surface area (Å²) in [5.41, 5.74) is 11.7. The Morgan fingerprint density at radius 1 is 1.35 bits per heavy atom. The first kappa shape index (κ1) is 21.7. The van der Waals surface area contributed by atoms with Crippen molar-refractivity contribution >= 4 is 17.8 Å². The monoisotopic (exact) mass is 368 g/mol. The molecule has 10 heteroatoms. The molecule has 26 heavy (non-hydrogen) atoms. The van der Waals surface area contributed by atoms with Gasteiger partial charge in [0.15, 0.2) is 0 Å². The number of hydrogen-bond acceptors (Lipinski definition) is 7. The number of amides is 2. The smallest absolute Gasteiger partial charge is 0.326 e. The van der Waals surface area contributed by atoms with Crippen LogP contribution >= 0.6 is 0 Å². The number of rotatable bonds is 11. The van der Waals surface area contributed by atoms with Crippen molar-refractivity contribution in [2.24, 2.45) is 11.5 Å². The lowest BCUT2D eigenvalue weighted by Gasteiger charge is -2.31. The number of carbonyl (C=O) groups is 3. The molecule has 0 bridgehead atoms. The molecular formula is C16H28N6O4. The summed E-state index contributed by atoms with van der Waals surface area (Å²) < 4.78 is 0. The van der Waals surface area contributed by atoms with Gasteiger partial charge in [-0.05, 0) is 39.8 Å². The first-order chi connectivity index (χ1) is 12.3. The minimum atomic E-state index is -1.29. The van der Waals surface area contributed by atoms with E-state index >= 15 is 0 Å². The molecule has 0 aliphatic rings. The van der Waals surface area contributed by atoms with E-state index in [-0.39, 0.29) is 12.8 Å². The third-order valence-corrected chi connectivity index (χ3v) is 4.01. The Kier molecular flexibility index (Phi) is 8.90. The summed E-state index contributed by atoms with van der Waals surface area (Å²) >= 11 is 0. The normalized spacial score (nSPS) is 14.5. The molecule has 3 unspecified atom stereocenters. The number of nitrogens with two attached hydrogens (primary N) is 2. The summed E-state index contributed by atoms with van der Waals surface area (Å²) in [4.78, 5) is 44.9. The van der Waals surface area contributed by atoms with E-state index in [0.29, 0.717) is 25.1 Å². The maximum Gasteiger partial charge on any atom is 0.326 e. The lowest BCUT2D eigenvalue weighted by Crippen LogP contribution is -2.58. The van der Waals surface area contributed by atoms with Gasteiger partial charge in [0, 0.05) is 12.6 Å². The number of carboxylic acid groups (broad SMARTS) is 1. The number of nitrogens with zero attached hydrogens (tertiary/aromatic N) is 2. The number of aromatic nitrogens is 2. The zero-order chi connectivity index (χ0) is 19.7. The average Bonchev–Trinajstić information content (AvgIpc) is 3.11. The van der Waals surface area contributed by atoms with E-state index in [0.717, 1.165) is 4.90 Å². The van der Waals surface area contributed by atoms with Gasteiger partial charge < -0.3 is 26.9 Å². The van der Waals surface area contributed by atoms with Crippen LogP contribution in [-0.4, -0.2) is 69.5 Å². The topological polar surface area (TPSA) is 167 Å². The van der Waals surface area contributed by atoms with Crippen LogP contribution in [0.4, 0.5) is 0 Å². The minimum absolute atomic E-state index is 0.121. The number of aromatic amines is 1. The average molecular weight is 368 g/mol. The molecule has 1 aromatic heterocycles. The van der Waals surface area contributed by atoms with Gasteiger partial charge in [0.2, 0.25) is 11.8 Å². The van der Waals surface area contributed by atoms with E-state index in [1.807, 2.05) is 0 Å². The second-order valence-corrected chi connectivity index (χ2v) is 6.08. The standard InChI is InChI=1S/C16H28N6O4/c1-10(18)14(23)22(13(16(25)26)5-3-4-6-17)15(24)12(19-2)7-11-8-20-9-21-11/h8-10,12-13,19H,3-7,17-18H2,1-2H3,(H,20,21)(H,25,26). The number of aliphatic carboxylic acids is 1. The molecule has 10 nitrogen and oxygen atoms in total. The third kappa shape index (κ3) is 5.90. The third-order valence-electron chi connectivity index (χ3n) is 4.01. The van der Waals surface area contributed by atoms with Gasteiger partial charge in [0.1, 0.15) is 6.04 Å². The van der Waals surface area contributed by atoms with Crippen LogP contribution in [0.2, 0.25) is 0 Å². The Balaban J connectivity index is 3.09. The quantitative estimate of drug-likeness (QED) is 0.304. The molecule has 0 fully saturated rings. The van der Waals surface area contributed by atoms with Gasteiger partial charge in [-0.3, -0.25) is 14.5 Å². The number of likely N-dealkylation sites (N-methyl/N-ethyl adjacent to an activating group) is 1. The zero-order valence-electron chi connectivity index (χ0n) is 15.1. The van der Waals surface area contributed by atoms with Crippen LogP contribution in [0.15, 0.2) is 12.5 Å². The van der Waals surface area contributed by atoms with Crippen LogP contribution in [0, 0.1) is 0 Å². The number of H-pyrrole nitrogens is 1. The van der Waals surface area contributed by atoms with Crippen LogP contribution in [-0.2, 0) is 20.8 Å². The molecule has 7 N–H and O–H groups in total. The Labute approximate surface area is 152 Å². The molecule has 0 aliphatic heterocycles. The highest BCUT2D eigenvalue weighted by Crippen LogP contribution is 2.14. The number of carboxylic acids is 1. The highest BCUT2D eigenvalue weighted by atomic mass is 16.4. The molecule has 0 saturated heterocycles. The summed E-state index contributed by atoms with van der Waals surface area (Å²) in [6, 6.07) is -3.10. The summed E-state index contributed by atoms with van der Waals surface area (Å²) in [7, 11) is 1.56. The van der Waals surface area contributed by atoms with E-state index in [2.05, 4.69) is 15.3 Å². The Morgan fingerprint density at radius 3 is 2.50 bits per heavy atom. The molecule has 0 radical (unpaired) electrons. The number of hydrogen-bond donors (Lipinski definition) is 5. The Morgan fingerprint density at radius 2 is 2.04 bits per heavy atom. The van der Waals surface area contributed by atoms with Gasteiger partial charge in [-0.15, -0.1) is 0 Å². The maximum absolute atomic E-state index is 13.0. The van der Waals surface area contributed by atoms with Crippen molar-refractivity contribution < 1.29 is 19.5 Å². The highest BCUT2D eigenvalue weighted by molar-refractivity contribution is 6.03. The van der Waals surface area contributed by atoms with Gasteiger partial charge >= 0.3 is 5.97 Å². The Bertz CT molecular complexity index is 590. The second kappa shape index (κ2) is 10.6. The largest absolute Gasteiger partial charge is 0.480 e. The molecule has 0 aliphatic carbocycles. The molecule has 146 valence electrons. The van der Waals surface area contributed by atoms with E-state index in [1.165, 1.54) is 13.3 Å². The van der Waals surface area contributed by atoms with Gasteiger partial charge in [0.25, 0.3) is 0 Å². The molecule has 2 amide bonds. The van der Waals surface area contributed by atoms with E-state index in [9.17, 15) is 19.5 Å². The van der Waals surface area contributed by atoms with Crippen molar-refractivity contribution in [2.75, 3.05) is 13.6 Å². The fourth-order valence-electron chi connectivity index (χ4n) is 2.57. The number of imide groups is 1. The van der Waals surface area contributed by atoms with Crippen molar-refractivity contribution in [1.82, 2.24) is 20.2 Å². The van der Waals surface area contributed by atoms with Crippen LogP contribution in [0.25, 0.3) is 0 Å². The molecule has 3 atom stereocenters. The first-order valence-corrected chi connectivity index (χ1v) is 8.53. The van der Waals surface area contributed by atoms with Crippen molar-refractivity contribution in [3.05, 3.63) is 18.2 Å². The number of nitrogens with one attached hydrogen (secondary N) is 2. The maximum atomic E-state index is 13.0.